The van der Waals surface area contributed by atoms with E-state index >= 15 is 0 Å². The third-order valence-electron chi connectivity index (χ3n) is 4.07. The summed E-state index contributed by atoms with van der Waals surface area (Å²) < 4.78 is 3.01. The van der Waals surface area contributed by atoms with Crippen LogP contribution < -0.4 is 5.73 Å². The highest BCUT2D eigenvalue weighted by Crippen LogP contribution is 2.31. The number of hydrogen-bond donors (Lipinski definition) is 1. The fraction of sp³-hybridized carbons (Fsp3) is 0.571. The van der Waals surface area contributed by atoms with Crippen LogP contribution in [0.5, 0.6) is 0 Å². The molecule has 1 saturated carbocycles. The number of hydrogen-bond acceptors (Lipinski definition) is 3. The van der Waals surface area contributed by atoms with Gasteiger partial charge in [-0.2, -0.15) is 0 Å². The Kier molecular flexibility index (Phi) is 3.48. The summed E-state index contributed by atoms with van der Waals surface area (Å²) in [5, 5.41) is 0. The zero-order valence-electron chi connectivity index (χ0n) is 11.1. The van der Waals surface area contributed by atoms with E-state index < -0.39 is 0 Å². The number of aromatic nitrogens is 3. The Bertz CT molecular complexity index is 592. The van der Waals surface area contributed by atoms with Crippen molar-refractivity contribution in [1.82, 2.24) is 14.5 Å². The minimum absolute atomic E-state index is 0.582. The lowest BCUT2D eigenvalue weighted by Crippen LogP contribution is -2.19. The molecule has 0 amide bonds. The van der Waals surface area contributed by atoms with Gasteiger partial charge in [-0.3, -0.25) is 4.57 Å². The quantitative estimate of drug-likeness (QED) is 0.918. The van der Waals surface area contributed by atoms with Crippen molar-refractivity contribution in [3.05, 3.63) is 16.7 Å². The fourth-order valence-electron chi connectivity index (χ4n) is 3.17. The van der Waals surface area contributed by atoms with Gasteiger partial charge in [-0.15, -0.1) is 0 Å². The number of nitrogens with two attached hydrogens (primary N) is 1. The second kappa shape index (κ2) is 5.12. The molecule has 0 spiro atoms. The standard InChI is InChI=1S/C14H19BrN4/c1-9-3-2-4-10(5-9)8-19-13-12(18-14(19)16)6-11(15)7-17-13/h6-7,9-10H,2-5,8H2,1H3,(H2,16,18). The van der Waals surface area contributed by atoms with Crippen LogP contribution in [0.1, 0.15) is 32.6 Å². The monoisotopic (exact) mass is 322 g/mol. The minimum atomic E-state index is 0.582. The van der Waals surface area contributed by atoms with Crippen molar-refractivity contribution in [3.8, 4) is 0 Å². The van der Waals surface area contributed by atoms with Gasteiger partial charge in [0.1, 0.15) is 5.52 Å². The van der Waals surface area contributed by atoms with Gasteiger partial charge >= 0.3 is 0 Å². The summed E-state index contributed by atoms with van der Waals surface area (Å²) in [4.78, 5) is 8.87. The second-order valence-corrected chi connectivity index (χ2v) is 6.63. The first-order valence-corrected chi connectivity index (χ1v) is 7.70. The van der Waals surface area contributed by atoms with Gasteiger partial charge in [-0.25, -0.2) is 9.97 Å². The summed E-state index contributed by atoms with van der Waals surface area (Å²) in [7, 11) is 0. The Hall–Kier alpha value is -1.10. The number of halogens is 1. The predicted molar refractivity (Wildman–Crippen MR) is 80.8 cm³/mol. The number of nitrogen functional groups attached to an aromatic ring is 1. The molecule has 2 atom stereocenters. The van der Waals surface area contributed by atoms with E-state index in [-0.39, 0.29) is 0 Å². The molecule has 2 N–H and O–H groups in total. The Morgan fingerprint density at radius 3 is 3.11 bits per heavy atom. The topological polar surface area (TPSA) is 56.7 Å². The molecule has 19 heavy (non-hydrogen) atoms. The summed E-state index contributed by atoms with van der Waals surface area (Å²) in [5.74, 6) is 2.12. The van der Waals surface area contributed by atoms with Crippen LogP contribution in [0, 0.1) is 11.8 Å². The maximum Gasteiger partial charge on any atom is 0.202 e. The van der Waals surface area contributed by atoms with E-state index in [1.165, 1.54) is 25.7 Å². The van der Waals surface area contributed by atoms with Gasteiger partial charge in [0.15, 0.2) is 5.65 Å². The van der Waals surface area contributed by atoms with Crippen molar-refractivity contribution in [3.63, 3.8) is 0 Å². The van der Waals surface area contributed by atoms with E-state index in [0.717, 1.165) is 28.1 Å². The Labute approximate surface area is 121 Å². The number of anilines is 1. The predicted octanol–water partition coefficient (Wildman–Crippen LogP) is 3.60. The molecule has 2 aromatic rings. The molecule has 0 radical (unpaired) electrons. The third-order valence-corrected chi connectivity index (χ3v) is 4.50. The SMILES string of the molecule is CC1CCCC(Cn2c(N)nc3cc(Br)cnc32)C1. The molecule has 0 bridgehead atoms. The van der Waals surface area contributed by atoms with E-state index in [4.69, 9.17) is 5.73 Å². The highest BCUT2D eigenvalue weighted by atomic mass is 79.9. The van der Waals surface area contributed by atoms with Crippen molar-refractivity contribution in [2.24, 2.45) is 11.8 Å². The van der Waals surface area contributed by atoms with Gasteiger partial charge in [-0.05, 0) is 46.7 Å². The van der Waals surface area contributed by atoms with Crippen LogP contribution in [-0.4, -0.2) is 14.5 Å². The zero-order valence-corrected chi connectivity index (χ0v) is 12.7. The van der Waals surface area contributed by atoms with E-state index in [2.05, 4.69) is 37.4 Å². The maximum atomic E-state index is 6.05. The summed E-state index contributed by atoms with van der Waals surface area (Å²) in [6, 6.07) is 1.97. The molecule has 2 aromatic heterocycles. The molecule has 1 fully saturated rings. The number of imidazole rings is 1. The molecule has 0 aromatic carbocycles. The molecule has 2 heterocycles. The van der Waals surface area contributed by atoms with Gasteiger partial charge in [-0.1, -0.05) is 19.8 Å². The summed E-state index contributed by atoms with van der Waals surface area (Å²) in [6.07, 6.45) is 7.08. The van der Waals surface area contributed by atoms with E-state index in [1.807, 2.05) is 12.3 Å². The van der Waals surface area contributed by atoms with Crippen molar-refractivity contribution in [2.75, 3.05) is 5.73 Å². The number of rotatable bonds is 2. The first-order valence-electron chi connectivity index (χ1n) is 6.90. The highest BCUT2D eigenvalue weighted by molar-refractivity contribution is 9.10. The van der Waals surface area contributed by atoms with E-state index in [1.54, 1.807) is 0 Å². The molecule has 0 saturated heterocycles. The smallest absolute Gasteiger partial charge is 0.202 e. The largest absolute Gasteiger partial charge is 0.369 e. The molecular weight excluding hydrogens is 304 g/mol. The normalized spacial score (nSPS) is 23.9. The van der Waals surface area contributed by atoms with E-state index in [9.17, 15) is 0 Å². The first kappa shape index (κ1) is 12.9. The molecule has 102 valence electrons. The Morgan fingerprint density at radius 1 is 1.47 bits per heavy atom. The van der Waals surface area contributed by atoms with E-state index in [0.29, 0.717) is 11.9 Å². The summed E-state index contributed by atoms with van der Waals surface area (Å²) >= 11 is 3.42. The van der Waals surface area contributed by atoms with Crippen molar-refractivity contribution in [1.29, 1.82) is 0 Å². The lowest BCUT2D eigenvalue weighted by Gasteiger charge is -2.27. The van der Waals surface area contributed by atoms with Crippen LogP contribution in [0.2, 0.25) is 0 Å². The van der Waals surface area contributed by atoms with Gasteiger partial charge in [0.2, 0.25) is 5.95 Å². The van der Waals surface area contributed by atoms with Crippen LogP contribution in [0.25, 0.3) is 11.2 Å². The van der Waals surface area contributed by atoms with Crippen molar-refractivity contribution < 1.29 is 0 Å². The van der Waals surface area contributed by atoms with Crippen LogP contribution in [0.4, 0.5) is 5.95 Å². The third kappa shape index (κ3) is 2.61. The van der Waals surface area contributed by atoms with Crippen LogP contribution in [0.15, 0.2) is 16.7 Å². The van der Waals surface area contributed by atoms with Gasteiger partial charge in [0.25, 0.3) is 0 Å². The number of nitrogens with zero attached hydrogens (tertiary/aromatic N) is 3. The molecule has 4 nitrogen and oxygen atoms in total. The zero-order chi connectivity index (χ0) is 13.4. The Balaban J connectivity index is 1.89. The Morgan fingerprint density at radius 2 is 2.32 bits per heavy atom. The average molecular weight is 323 g/mol. The molecule has 2 unspecified atom stereocenters. The lowest BCUT2D eigenvalue weighted by molar-refractivity contribution is 0.259. The van der Waals surface area contributed by atoms with Crippen molar-refractivity contribution in [2.45, 2.75) is 39.2 Å². The summed E-state index contributed by atoms with van der Waals surface area (Å²) in [6.45, 7) is 3.29. The molecule has 0 aliphatic heterocycles. The van der Waals surface area contributed by atoms with Gasteiger partial charge < -0.3 is 5.73 Å². The minimum Gasteiger partial charge on any atom is -0.369 e. The lowest BCUT2D eigenvalue weighted by atomic mass is 9.82. The average Bonchev–Trinajstić information content (AvgIpc) is 2.65. The van der Waals surface area contributed by atoms with Crippen LogP contribution >= 0.6 is 15.9 Å². The number of pyridine rings is 1. The van der Waals surface area contributed by atoms with Crippen molar-refractivity contribution >= 4 is 33.0 Å². The van der Waals surface area contributed by atoms with Crippen LogP contribution in [0.3, 0.4) is 0 Å². The van der Waals surface area contributed by atoms with Crippen LogP contribution in [-0.2, 0) is 6.54 Å². The fourth-order valence-corrected chi connectivity index (χ4v) is 3.49. The van der Waals surface area contributed by atoms with Gasteiger partial charge in [0, 0.05) is 17.2 Å². The number of fused-ring (bicyclic) bond motifs is 1. The molecule has 3 rings (SSSR count). The molecule has 1 aliphatic rings. The van der Waals surface area contributed by atoms with Gasteiger partial charge in [0.05, 0.1) is 0 Å². The second-order valence-electron chi connectivity index (χ2n) is 5.71. The first-order chi connectivity index (χ1) is 9.13. The molecule has 1 aliphatic carbocycles. The highest BCUT2D eigenvalue weighted by Gasteiger charge is 2.21. The maximum absolute atomic E-state index is 6.05. The molecule has 5 heteroatoms. The summed E-state index contributed by atoms with van der Waals surface area (Å²) in [5.41, 5.74) is 7.82. The molecular formula is C14H19BrN4.